The minimum absolute atomic E-state index is 0.109. The van der Waals surface area contributed by atoms with Gasteiger partial charge in [-0.25, -0.2) is 0 Å². The Hall–Kier alpha value is -1.57. The lowest BCUT2D eigenvalue weighted by atomic mass is 10.1. The number of ketones is 1. The Bertz CT molecular complexity index is 380. The van der Waals surface area contributed by atoms with Crippen LogP contribution in [0.3, 0.4) is 0 Å². The zero-order chi connectivity index (χ0) is 12.7. The molecule has 0 radical (unpaired) electrons. The van der Waals surface area contributed by atoms with Crippen molar-refractivity contribution in [2.24, 2.45) is 0 Å². The third-order valence-corrected chi connectivity index (χ3v) is 2.93. The molecule has 2 heteroatoms. The molecule has 0 saturated carbocycles. The number of allylic oxidation sites excluding steroid dienone is 1. The molecule has 0 N–H and O–H groups in total. The molecule has 0 amide bonds. The van der Waals surface area contributed by atoms with Gasteiger partial charge in [-0.2, -0.15) is 0 Å². The number of nitrogens with zero attached hydrogens (tertiary/aromatic N) is 1. The van der Waals surface area contributed by atoms with E-state index in [0.717, 1.165) is 19.5 Å². The van der Waals surface area contributed by atoms with Crippen LogP contribution in [0.2, 0.25) is 0 Å². The lowest BCUT2D eigenvalue weighted by Crippen LogP contribution is -2.21. The van der Waals surface area contributed by atoms with E-state index in [4.69, 9.17) is 0 Å². The second-order valence-electron chi connectivity index (χ2n) is 4.01. The van der Waals surface area contributed by atoms with E-state index in [1.54, 1.807) is 0 Å². The first kappa shape index (κ1) is 13.5. The highest BCUT2D eigenvalue weighted by Crippen LogP contribution is 2.17. The molecule has 1 aromatic carbocycles. The van der Waals surface area contributed by atoms with Gasteiger partial charge in [-0.15, -0.1) is 0 Å². The molecule has 0 bridgehead atoms. The van der Waals surface area contributed by atoms with Crippen LogP contribution in [0.25, 0.3) is 0 Å². The topological polar surface area (TPSA) is 20.3 Å². The summed E-state index contributed by atoms with van der Waals surface area (Å²) in [4.78, 5) is 13.5. The van der Waals surface area contributed by atoms with E-state index in [0.29, 0.717) is 6.42 Å². The smallest absolute Gasteiger partial charge is 0.155 e. The first-order valence-electron chi connectivity index (χ1n) is 6.20. The maximum atomic E-state index is 11.2. The number of aryl methyl sites for hydroxylation is 1. The third-order valence-electron chi connectivity index (χ3n) is 2.93. The first-order chi connectivity index (χ1) is 8.21. The standard InChI is InChI=1S/C15H21NO/c1-4-15(17)11-10-13-8-7-9-14(12-13)16(5-2)6-3/h4,7-9,12H,1,5-6,10-11H2,2-3H3. The fourth-order valence-electron chi connectivity index (χ4n) is 1.87. The zero-order valence-electron chi connectivity index (χ0n) is 10.8. The second kappa shape index (κ2) is 6.89. The van der Waals surface area contributed by atoms with Crippen molar-refractivity contribution in [2.75, 3.05) is 18.0 Å². The van der Waals surface area contributed by atoms with Crippen LogP contribution in [-0.2, 0) is 11.2 Å². The summed E-state index contributed by atoms with van der Waals surface area (Å²) in [5.74, 6) is 0.109. The van der Waals surface area contributed by atoms with Gasteiger partial charge in [0.15, 0.2) is 5.78 Å². The number of benzene rings is 1. The van der Waals surface area contributed by atoms with E-state index in [1.807, 2.05) is 0 Å². The molecule has 1 rings (SSSR count). The van der Waals surface area contributed by atoms with Crippen LogP contribution in [0.15, 0.2) is 36.9 Å². The van der Waals surface area contributed by atoms with Gasteiger partial charge in [-0.05, 0) is 44.0 Å². The van der Waals surface area contributed by atoms with Crippen LogP contribution >= 0.6 is 0 Å². The largest absolute Gasteiger partial charge is 0.372 e. The van der Waals surface area contributed by atoms with E-state index in [-0.39, 0.29) is 5.78 Å². The van der Waals surface area contributed by atoms with Crippen LogP contribution in [0, 0.1) is 0 Å². The molecular weight excluding hydrogens is 210 g/mol. The van der Waals surface area contributed by atoms with E-state index in [2.05, 4.69) is 49.6 Å². The lowest BCUT2D eigenvalue weighted by molar-refractivity contribution is -0.114. The molecule has 0 aromatic heterocycles. The van der Waals surface area contributed by atoms with Crippen molar-refractivity contribution in [1.29, 1.82) is 0 Å². The van der Waals surface area contributed by atoms with E-state index < -0.39 is 0 Å². The Morgan fingerprint density at radius 3 is 2.65 bits per heavy atom. The van der Waals surface area contributed by atoms with Crippen molar-refractivity contribution in [3.8, 4) is 0 Å². The summed E-state index contributed by atoms with van der Waals surface area (Å²) in [6, 6.07) is 8.42. The van der Waals surface area contributed by atoms with Gasteiger partial charge in [0.2, 0.25) is 0 Å². The fourth-order valence-corrected chi connectivity index (χ4v) is 1.87. The maximum Gasteiger partial charge on any atom is 0.155 e. The highest BCUT2D eigenvalue weighted by molar-refractivity contribution is 5.89. The van der Waals surface area contributed by atoms with Gasteiger partial charge in [-0.1, -0.05) is 18.7 Å². The van der Waals surface area contributed by atoms with Crippen LogP contribution in [-0.4, -0.2) is 18.9 Å². The molecule has 0 atom stereocenters. The Kier molecular flexibility index (Phi) is 5.47. The second-order valence-corrected chi connectivity index (χ2v) is 4.01. The molecule has 0 saturated heterocycles. The Labute approximate surface area is 104 Å². The fraction of sp³-hybridized carbons (Fsp3) is 0.400. The van der Waals surface area contributed by atoms with Gasteiger partial charge in [0, 0.05) is 25.2 Å². The molecule has 1 aromatic rings. The van der Waals surface area contributed by atoms with E-state index in [9.17, 15) is 4.79 Å². The number of carbonyl (C=O) groups is 1. The van der Waals surface area contributed by atoms with Gasteiger partial charge in [0.1, 0.15) is 0 Å². The van der Waals surface area contributed by atoms with Gasteiger partial charge in [0.05, 0.1) is 0 Å². The van der Waals surface area contributed by atoms with E-state index in [1.165, 1.54) is 17.3 Å². The van der Waals surface area contributed by atoms with E-state index >= 15 is 0 Å². The summed E-state index contributed by atoms with van der Waals surface area (Å²) in [5, 5.41) is 0. The van der Waals surface area contributed by atoms with Gasteiger partial charge >= 0.3 is 0 Å². The third kappa shape index (κ3) is 4.06. The summed E-state index contributed by atoms with van der Waals surface area (Å²) < 4.78 is 0. The van der Waals surface area contributed by atoms with Crippen LogP contribution in [0.1, 0.15) is 25.8 Å². The average Bonchev–Trinajstić information content (AvgIpc) is 2.38. The number of hydrogen-bond donors (Lipinski definition) is 0. The summed E-state index contributed by atoms with van der Waals surface area (Å²) in [6.07, 6.45) is 2.74. The molecule has 17 heavy (non-hydrogen) atoms. The summed E-state index contributed by atoms with van der Waals surface area (Å²) in [6.45, 7) is 9.80. The molecule has 0 unspecified atom stereocenters. The van der Waals surface area contributed by atoms with Gasteiger partial charge in [0.25, 0.3) is 0 Å². The van der Waals surface area contributed by atoms with Crippen LogP contribution in [0.4, 0.5) is 5.69 Å². The molecule has 0 spiro atoms. The summed E-state index contributed by atoms with van der Waals surface area (Å²) in [7, 11) is 0. The monoisotopic (exact) mass is 231 g/mol. The predicted molar refractivity (Wildman–Crippen MR) is 73.5 cm³/mol. The summed E-state index contributed by atoms with van der Waals surface area (Å²) >= 11 is 0. The molecule has 2 nitrogen and oxygen atoms in total. The highest BCUT2D eigenvalue weighted by Gasteiger charge is 2.03. The van der Waals surface area contributed by atoms with Crippen molar-refractivity contribution in [1.82, 2.24) is 0 Å². The molecular formula is C15H21NO. The minimum Gasteiger partial charge on any atom is -0.372 e. The lowest BCUT2D eigenvalue weighted by Gasteiger charge is -2.21. The SMILES string of the molecule is C=CC(=O)CCc1cccc(N(CC)CC)c1. The molecule has 92 valence electrons. The van der Waals surface area contributed by atoms with Crippen molar-refractivity contribution < 1.29 is 4.79 Å². The molecule has 0 fully saturated rings. The molecule has 0 aliphatic heterocycles. The normalized spacial score (nSPS) is 10.0. The van der Waals surface area contributed by atoms with Crippen LogP contribution in [0.5, 0.6) is 0 Å². The van der Waals surface area contributed by atoms with Crippen molar-refractivity contribution in [3.05, 3.63) is 42.5 Å². The average molecular weight is 231 g/mol. The number of hydrogen-bond acceptors (Lipinski definition) is 2. The molecule has 0 heterocycles. The first-order valence-corrected chi connectivity index (χ1v) is 6.20. The molecule has 0 aliphatic rings. The van der Waals surface area contributed by atoms with Crippen LogP contribution < -0.4 is 4.90 Å². The number of anilines is 1. The van der Waals surface area contributed by atoms with Gasteiger partial charge in [-0.3, -0.25) is 4.79 Å². The minimum atomic E-state index is 0.109. The Morgan fingerprint density at radius 2 is 2.06 bits per heavy atom. The highest BCUT2D eigenvalue weighted by atomic mass is 16.1. The van der Waals surface area contributed by atoms with Crippen molar-refractivity contribution in [2.45, 2.75) is 26.7 Å². The molecule has 0 aliphatic carbocycles. The quantitative estimate of drug-likeness (QED) is 0.671. The maximum absolute atomic E-state index is 11.2. The number of carbonyl (C=O) groups excluding carboxylic acids is 1. The van der Waals surface area contributed by atoms with Gasteiger partial charge < -0.3 is 4.90 Å². The van der Waals surface area contributed by atoms with Crippen molar-refractivity contribution >= 4 is 11.5 Å². The predicted octanol–water partition coefficient (Wildman–Crippen LogP) is 3.22. The Morgan fingerprint density at radius 1 is 1.35 bits per heavy atom. The van der Waals surface area contributed by atoms with Crippen molar-refractivity contribution in [3.63, 3.8) is 0 Å². The zero-order valence-corrected chi connectivity index (χ0v) is 10.8. The number of rotatable bonds is 7. The summed E-state index contributed by atoms with van der Waals surface area (Å²) in [5.41, 5.74) is 2.45. The Balaban J connectivity index is 2.71.